The van der Waals surface area contributed by atoms with E-state index in [4.69, 9.17) is 23.2 Å². The highest BCUT2D eigenvalue weighted by Gasteiger charge is 2.25. The largest absolute Gasteiger partial charge is 0.274 e. The Labute approximate surface area is 116 Å². The molecule has 0 bridgehead atoms. The van der Waals surface area contributed by atoms with Gasteiger partial charge in [-0.3, -0.25) is 4.79 Å². The van der Waals surface area contributed by atoms with Crippen molar-refractivity contribution in [3.8, 4) is 0 Å². The van der Waals surface area contributed by atoms with Crippen LogP contribution in [0.3, 0.4) is 0 Å². The summed E-state index contributed by atoms with van der Waals surface area (Å²) in [6.07, 6.45) is 0. The van der Waals surface area contributed by atoms with Crippen molar-refractivity contribution in [3.05, 3.63) is 27.7 Å². The van der Waals surface area contributed by atoms with Crippen LogP contribution in [-0.4, -0.2) is 14.3 Å². The Balaban J connectivity index is 3.30. The average Bonchev–Trinajstić information content (AvgIpc) is 2.23. The van der Waals surface area contributed by atoms with Crippen LogP contribution in [0.2, 0.25) is 10.0 Å². The molecule has 0 spiro atoms. The summed E-state index contributed by atoms with van der Waals surface area (Å²) >= 11 is 11.8. The maximum absolute atomic E-state index is 12.0. The summed E-state index contributed by atoms with van der Waals surface area (Å²) in [4.78, 5) is 11.2. The summed E-state index contributed by atoms with van der Waals surface area (Å²) in [6, 6.07) is 3.03. The highest BCUT2D eigenvalue weighted by atomic mass is 35.5. The maximum Gasteiger partial charge on any atom is 0.267 e. The van der Waals surface area contributed by atoms with Gasteiger partial charge >= 0.3 is 0 Å². The molecule has 7 heteroatoms. The molecule has 0 radical (unpaired) electrons. The zero-order chi connectivity index (χ0) is 14.1. The lowest BCUT2D eigenvalue weighted by atomic mass is 10.2. The third-order valence-corrected chi connectivity index (χ3v) is 4.73. The highest BCUT2D eigenvalue weighted by Crippen LogP contribution is 2.31. The van der Waals surface area contributed by atoms with Crippen LogP contribution in [-0.2, 0) is 14.8 Å². The van der Waals surface area contributed by atoms with E-state index in [0.717, 1.165) is 0 Å². The highest BCUT2D eigenvalue weighted by molar-refractivity contribution is 7.90. The van der Waals surface area contributed by atoms with Crippen LogP contribution in [0.5, 0.6) is 0 Å². The van der Waals surface area contributed by atoms with Gasteiger partial charge in [0.1, 0.15) is 4.90 Å². The standard InChI is InChI=1S/C11H13Cl2NO3S/c1-6(2)11(15)14-18(16,17)10-8(12)5-4-7(3)9(10)13/h4-6H,1-3H3,(H,14,15). The van der Waals surface area contributed by atoms with Gasteiger partial charge in [0.25, 0.3) is 10.0 Å². The fraction of sp³-hybridized carbons (Fsp3) is 0.364. The summed E-state index contributed by atoms with van der Waals surface area (Å²) in [7, 11) is -4.05. The fourth-order valence-corrected chi connectivity index (χ4v) is 3.48. The van der Waals surface area contributed by atoms with Crippen LogP contribution >= 0.6 is 23.2 Å². The molecule has 0 aliphatic carbocycles. The molecule has 0 unspecified atom stereocenters. The Kier molecular flexibility index (Phi) is 4.64. The van der Waals surface area contributed by atoms with Crippen LogP contribution in [0, 0.1) is 12.8 Å². The lowest BCUT2D eigenvalue weighted by Crippen LogP contribution is -2.34. The van der Waals surface area contributed by atoms with Crippen LogP contribution in [0.15, 0.2) is 17.0 Å². The van der Waals surface area contributed by atoms with Gasteiger partial charge in [0, 0.05) is 5.92 Å². The average molecular weight is 310 g/mol. The molecule has 0 atom stereocenters. The first-order valence-electron chi connectivity index (χ1n) is 5.18. The molecule has 1 N–H and O–H groups in total. The number of aryl methyl sites for hydroxylation is 1. The van der Waals surface area contributed by atoms with Gasteiger partial charge in [-0.05, 0) is 18.6 Å². The van der Waals surface area contributed by atoms with E-state index < -0.39 is 21.8 Å². The van der Waals surface area contributed by atoms with Gasteiger partial charge in [-0.2, -0.15) is 0 Å². The van der Waals surface area contributed by atoms with Gasteiger partial charge in [0.15, 0.2) is 0 Å². The number of carbonyl (C=O) groups excluding carboxylic acids is 1. The second kappa shape index (κ2) is 5.47. The lowest BCUT2D eigenvalue weighted by Gasteiger charge is -2.12. The second-order valence-electron chi connectivity index (χ2n) is 4.13. The minimum absolute atomic E-state index is 0.0188. The van der Waals surface area contributed by atoms with Crippen molar-refractivity contribution in [2.75, 3.05) is 0 Å². The molecule has 4 nitrogen and oxygen atoms in total. The van der Waals surface area contributed by atoms with Crippen molar-refractivity contribution in [1.29, 1.82) is 0 Å². The van der Waals surface area contributed by atoms with E-state index >= 15 is 0 Å². The number of carbonyl (C=O) groups is 1. The predicted molar refractivity (Wildman–Crippen MR) is 71.4 cm³/mol. The number of hydrogen-bond donors (Lipinski definition) is 1. The van der Waals surface area contributed by atoms with E-state index in [2.05, 4.69) is 0 Å². The van der Waals surface area contributed by atoms with Gasteiger partial charge in [-0.1, -0.05) is 43.1 Å². The Morgan fingerprint density at radius 1 is 1.28 bits per heavy atom. The van der Waals surface area contributed by atoms with Crippen molar-refractivity contribution in [1.82, 2.24) is 4.72 Å². The Morgan fingerprint density at radius 3 is 2.33 bits per heavy atom. The molecule has 1 aromatic rings. The van der Waals surface area contributed by atoms with Crippen molar-refractivity contribution in [3.63, 3.8) is 0 Å². The normalized spacial score (nSPS) is 11.7. The van der Waals surface area contributed by atoms with Gasteiger partial charge in [-0.15, -0.1) is 0 Å². The number of benzene rings is 1. The SMILES string of the molecule is Cc1ccc(Cl)c(S(=O)(=O)NC(=O)C(C)C)c1Cl. The van der Waals surface area contributed by atoms with Crippen molar-refractivity contribution in [2.24, 2.45) is 5.92 Å². The van der Waals surface area contributed by atoms with E-state index in [1.165, 1.54) is 6.07 Å². The van der Waals surface area contributed by atoms with Crippen LogP contribution in [0.1, 0.15) is 19.4 Å². The summed E-state index contributed by atoms with van der Waals surface area (Å²) in [5.41, 5.74) is 0.568. The van der Waals surface area contributed by atoms with Gasteiger partial charge in [-0.25, -0.2) is 13.1 Å². The molecule has 0 heterocycles. The zero-order valence-corrected chi connectivity index (χ0v) is 12.4. The van der Waals surface area contributed by atoms with Crippen LogP contribution < -0.4 is 4.72 Å². The van der Waals surface area contributed by atoms with Crippen LogP contribution in [0.4, 0.5) is 0 Å². The minimum atomic E-state index is -4.05. The molecule has 0 saturated heterocycles. The van der Waals surface area contributed by atoms with Gasteiger partial charge in [0.2, 0.25) is 5.91 Å². The Bertz CT molecular complexity index is 582. The van der Waals surface area contributed by atoms with E-state index in [1.54, 1.807) is 26.8 Å². The Hall–Kier alpha value is -0.780. The molecular formula is C11H13Cl2NO3S. The predicted octanol–water partition coefficient (Wildman–Crippen LogP) is 2.76. The number of halogens is 2. The summed E-state index contributed by atoms with van der Waals surface area (Å²) in [5.74, 6) is -1.06. The molecule has 1 rings (SSSR count). The van der Waals surface area contributed by atoms with Crippen molar-refractivity contribution >= 4 is 39.1 Å². The molecule has 0 aliphatic heterocycles. The van der Waals surface area contributed by atoms with E-state index in [0.29, 0.717) is 5.56 Å². The molecule has 0 saturated carbocycles. The third kappa shape index (κ3) is 3.16. The molecule has 1 amide bonds. The summed E-state index contributed by atoms with van der Waals surface area (Å²) < 4.78 is 26.0. The first-order valence-corrected chi connectivity index (χ1v) is 7.42. The number of amides is 1. The molecule has 0 aliphatic rings. The van der Waals surface area contributed by atoms with Gasteiger partial charge < -0.3 is 0 Å². The maximum atomic E-state index is 12.0. The fourth-order valence-electron chi connectivity index (χ4n) is 1.18. The molecular weight excluding hydrogens is 297 g/mol. The molecule has 100 valence electrons. The Morgan fingerprint density at radius 2 is 1.83 bits per heavy atom. The molecule has 0 aromatic heterocycles. The van der Waals surface area contributed by atoms with Crippen LogP contribution in [0.25, 0.3) is 0 Å². The van der Waals surface area contributed by atoms with Crippen molar-refractivity contribution < 1.29 is 13.2 Å². The molecule has 18 heavy (non-hydrogen) atoms. The van der Waals surface area contributed by atoms with Gasteiger partial charge in [0.05, 0.1) is 10.0 Å². The van der Waals surface area contributed by atoms with Crippen molar-refractivity contribution in [2.45, 2.75) is 25.7 Å². The molecule has 1 aromatic carbocycles. The number of sulfonamides is 1. The smallest absolute Gasteiger partial charge is 0.267 e. The summed E-state index contributed by atoms with van der Waals surface area (Å²) in [6.45, 7) is 4.83. The first kappa shape index (κ1) is 15.3. The van der Waals surface area contributed by atoms with E-state index in [1.807, 2.05) is 4.72 Å². The quantitative estimate of drug-likeness (QED) is 0.933. The minimum Gasteiger partial charge on any atom is -0.274 e. The summed E-state index contributed by atoms with van der Waals surface area (Å²) in [5, 5.41) is 0.00112. The number of rotatable bonds is 3. The van der Waals surface area contributed by atoms with E-state index in [9.17, 15) is 13.2 Å². The third-order valence-electron chi connectivity index (χ3n) is 2.27. The second-order valence-corrected chi connectivity index (χ2v) is 6.54. The van der Waals surface area contributed by atoms with E-state index in [-0.39, 0.29) is 14.9 Å². The zero-order valence-electron chi connectivity index (χ0n) is 10.1. The topological polar surface area (TPSA) is 63.2 Å². The lowest BCUT2D eigenvalue weighted by molar-refractivity contribution is -0.122. The number of hydrogen-bond acceptors (Lipinski definition) is 3. The molecule has 0 fully saturated rings. The monoisotopic (exact) mass is 309 g/mol. The first-order chi connectivity index (χ1) is 8.16. The number of nitrogens with one attached hydrogen (secondary N) is 1.